The van der Waals surface area contributed by atoms with Gasteiger partial charge in [-0.15, -0.1) is 0 Å². The first-order chi connectivity index (χ1) is 14.8. The first kappa shape index (κ1) is 22.1. The van der Waals surface area contributed by atoms with Gasteiger partial charge >= 0.3 is 6.03 Å². The molecule has 8 heteroatoms. The Hall–Kier alpha value is -3.55. The van der Waals surface area contributed by atoms with Gasteiger partial charge in [-0.25, -0.2) is 4.79 Å². The maximum Gasteiger partial charge on any atom is 0.325 e. The Kier molecular flexibility index (Phi) is 6.48. The van der Waals surface area contributed by atoms with Crippen molar-refractivity contribution in [2.45, 2.75) is 32.2 Å². The quantitative estimate of drug-likeness (QED) is 0.562. The third-order valence-electron chi connectivity index (χ3n) is 5.57. The molecule has 4 amide bonds. The third-order valence-corrected chi connectivity index (χ3v) is 5.57. The number of urea groups is 1. The number of amides is 4. The normalized spacial score (nSPS) is 18.1. The summed E-state index contributed by atoms with van der Waals surface area (Å²) in [5.41, 5.74) is 1.25. The van der Waals surface area contributed by atoms with Crippen LogP contribution in [-0.2, 0) is 21.5 Å². The lowest BCUT2D eigenvalue weighted by atomic mass is 9.86. The number of aryl methyl sites for hydroxylation is 1. The van der Waals surface area contributed by atoms with E-state index in [1.807, 2.05) is 19.9 Å². The second-order valence-electron chi connectivity index (χ2n) is 7.53. The summed E-state index contributed by atoms with van der Waals surface area (Å²) in [6.45, 7) is 3.69. The van der Waals surface area contributed by atoms with Gasteiger partial charge in [0.15, 0.2) is 0 Å². The van der Waals surface area contributed by atoms with Gasteiger partial charge in [-0.2, -0.15) is 0 Å². The number of hydrogen-bond acceptors (Lipinski definition) is 5. The van der Waals surface area contributed by atoms with Crippen molar-refractivity contribution < 1.29 is 24.2 Å². The highest BCUT2D eigenvalue weighted by Gasteiger charge is 2.51. The number of methoxy groups -OCH3 is 1. The van der Waals surface area contributed by atoms with E-state index in [1.54, 1.807) is 43.5 Å². The Bertz CT molecular complexity index is 989. The van der Waals surface area contributed by atoms with E-state index >= 15 is 0 Å². The number of benzene rings is 2. The maximum atomic E-state index is 13.2. The molecule has 8 nitrogen and oxygen atoms in total. The fourth-order valence-corrected chi connectivity index (χ4v) is 3.76. The van der Waals surface area contributed by atoms with E-state index in [0.29, 0.717) is 30.7 Å². The first-order valence-corrected chi connectivity index (χ1v) is 10.1. The van der Waals surface area contributed by atoms with E-state index in [9.17, 15) is 19.5 Å². The van der Waals surface area contributed by atoms with Crippen molar-refractivity contribution in [3.63, 3.8) is 0 Å². The summed E-state index contributed by atoms with van der Waals surface area (Å²) in [6, 6.07) is 11.5. The molecule has 1 saturated heterocycles. The van der Waals surface area contributed by atoms with Crippen molar-refractivity contribution in [1.29, 1.82) is 0 Å². The second-order valence-corrected chi connectivity index (χ2v) is 7.53. The standard InChI is InChI=1S/C23H27N3O5/c1-4-23(17-7-10-19(31-3)15(2)13-17)21(29)26(22(30)25-23)14-20(28)24-12-11-16-5-8-18(27)9-6-16/h5-10,13,27H,4,11-12,14H2,1-3H3,(H,24,28)(H,25,30). The first-order valence-electron chi connectivity index (χ1n) is 10.1. The Morgan fingerprint density at radius 1 is 1.19 bits per heavy atom. The minimum atomic E-state index is -1.21. The summed E-state index contributed by atoms with van der Waals surface area (Å²) in [5.74, 6) is 0.00721. The second kappa shape index (κ2) is 9.07. The van der Waals surface area contributed by atoms with Crippen molar-refractivity contribution >= 4 is 17.8 Å². The zero-order valence-electron chi connectivity index (χ0n) is 17.9. The number of aromatic hydroxyl groups is 1. The molecule has 2 aromatic rings. The van der Waals surface area contributed by atoms with E-state index in [4.69, 9.17) is 4.74 Å². The molecule has 1 fully saturated rings. The fraction of sp³-hybridized carbons (Fsp3) is 0.348. The Morgan fingerprint density at radius 3 is 2.52 bits per heavy atom. The van der Waals surface area contributed by atoms with Gasteiger partial charge < -0.3 is 20.5 Å². The lowest BCUT2D eigenvalue weighted by molar-refractivity contribution is -0.135. The van der Waals surface area contributed by atoms with Crippen LogP contribution in [0.5, 0.6) is 11.5 Å². The van der Waals surface area contributed by atoms with Gasteiger partial charge in [0.05, 0.1) is 7.11 Å². The Morgan fingerprint density at radius 2 is 1.90 bits per heavy atom. The molecular weight excluding hydrogens is 398 g/mol. The summed E-state index contributed by atoms with van der Waals surface area (Å²) < 4.78 is 5.28. The number of nitrogens with zero attached hydrogens (tertiary/aromatic N) is 1. The lowest BCUT2D eigenvalue weighted by Gasteiger charge is -2.26. The zero-order valence-corrected chi connectivity index (χ0v) is 17.9. The average molecular weight is 425 g/mol. The van der Waals surface area contributed by atoms with Crippen LogP contribution in [0, 0.1) is 6.92 Å². The molecule has 1 aliphatic heterocycles. The monoisotopic (exact) mass is 425 g/mol. The topological polar surface area (TPSA) is 108 Å². The molecule has 1 unspecified atom stereocenters. The van der Waals surface area contributed by atoms with E-state index in [2.05, 4.69) is 10.6 Å². The van der Waals surface area contributed by atoms with Gasteiger partial charge in [0, 0.05) is 6.54 Å². The van der Waals surface area contributed by atoms with E-state index in [0.717, 1.165) is 16.0 Å². The summed E-state index contributed by atoms with van der Waals surface area (Å²) in [4.78, 5) is 39.1. The largest absolute Gasteiger partial charge is 0.508 e. The number of carbonyl (C=O) groups is 3. The molecule has 0 saturated carbocycles. The molecule has 0 bridgehead atoms. The minimum absolute atomic E-state index is 0.179. The number of imide groups is 1. The summed E-state index contributed by atoms with van der Waals surface area (Å²) >= 11 is 0. The van der Waals surface area contributed by atoms with Gasteiger partial charge in [-0.05, 0) is 60.7 Å². The third kappa shape index (κ3) is 4.47. The molecule has 0 radical (unpaired) electrons. The smallest absolute Gasteiger partial charge is 0.325 e. The number of carbonyl (C=O) groups excluding carboxylic acids is 3. The highest BCUT2D eigenvalue weighted by Crippen LogP contribution is 2.34. The van der Waals surface area contributed by atoms with Crippen molar-refractivity contribution in [3.8, 4) is 11.5 Å². The number of phenols is 1. The molecule has 2 aromatic carbocycles. The fourth-order valence-electron chi connectivity index (χ4n) is 3.76. The minimum Gasteiger partial charge on any atom is -0.508 e. The highest BCUT2D eigenvalue weighted by atomic mass is 16.5. The summed E-state index contributed by atoms with van der Waals surface area (Å²) in [5, 5.41) is 14.8. The maximum absolute atomic E-state index is 13.2. The van der Waals surface area contributed by atoms with Crippen LogP contribution >= 0.6 is 0 Å². The van der Waals surface area contributed by atoms with Crippen LogP contribution in [0.15, 0.2) is 42.5 Å². The van der Waals surface area contributed by atoms with Crippen molar-refractivity contribution in [2.24, 2.45) is 0 Å². The van der Waals surface area contributed by atoms with Crippen LogP contribution in [-0.4, -0.2) is 48.1 Å². The number of hydrogen-bond donors (Lipinski definition) is 3. The SMILES string of the molecule is CCC1(c2ccc(OC)c(C)c2)NC(=O)N(CC(=O)NCCc2ccc(O)cc2)C1=O. The van der Waals surface area contributed by atoms with E-state index in [1.165, 1.54) is 0 Å². The zero-order chi connectivity index (χ0) is 22.6. The van der Waals surface area contributed by atoms with Crippen LogP contribution in [0.1, 0.15) is 30.0 Å². The predicted molar refractivity (Wildman–Crippen MR) is 115 cm³/mol. The van der Waals surface area contributed by atoms with Crippen LogP contribution in [0.4, 0.5) is 4.79 Å². The molecule has 0 spiro atoms. The van der Waals surface area contributed by atoms with Gasteiger partial charge in [0.25, 0.3) is 5.91 Å². The number of nitrogens with one attached hydrogen (secondary N) is 2. The van der Waals surface area contributed by atoms with Crippen molar-refractivity contribution in [2.75, 3.05) is 20.2 Å². The summed E-state index contributed by atoms with van der Waals surface area (Å²) in [6.07, 6.45) is 0.915. The van der Waals surface area contributed by atoms with Crippen LogP contribution in [0.2, 0.25) is 0 Å². The Labute approximate surface area is 181 Å². The van der Waals surface area contributed by atoms with E-state index < -0.39 is 23.4 Å². The number of rotatable bonds is 8. The molecule has 0 aromatic heterocycles. The average Bonchev–Trinajstić information content (AvgIpc) is 3.00. The molecule has 1 aliphatic rings. The van der Waals surface area contributed by atoms with Crippen molar-refractivity contribution in [3.05, 3.63) is 59.2 Å². The highest BCUT2D eigenvalue weighted by molar-refractivity contribution is 6.09. The number of phenolic OH excluding ortho intramolecular Hbond substituents is 1. The van der Waals surface area contributed by atoms with Crippen LogP contribution < -0.4 is 15.4 Å². The van der Waals surface area contributed by atoms with Gasteiger partial charge in [-0.1, -0.05) is 25.1 Å². The van der Waals surface area contributed by atoms with Gasteiger partial charge in [0.1, 0.15) is 23.6 Å². The summed E-state index contributed by atoms with van der Waals surface area (Å²) in [7, 11) is 1.57. The molecule has 164 valence electrons. The molecule has 31 heavy (non-hydrogen) atoms. The Balaban J connectivity index is 1.66. The molecule has 0 aliphatic carbocycles. The molecule has 3 rings (SSSR count). The van der Waals surface area contributed by atoms with Crippen LogP contribution in [0.25, 0.3) is 0 Å². The van der Waals surface area contributed by atoms with Gasteiger partial charge in [0.2, 0.25) is 5.91 Å². The lowest BCUT2D eigenvalue weighted by Crippen LogP contribution is -2.45. The molecule has 3 N–H and O–H groups in total. The molecule has 1 heterocycles. The number of ether oxygens (including phenoxy) is 1. The van der Waals surface area contributed by atoms with Crippen LogP contribution in [0.3, 0.4) is 0 Å². The van der Waals surface area contributed by atoms with E-state index in [-0.39, 0.29) is 12.3 Å². The molecule has 1 atom stereocenters. The van der Waals surface area contributed by atoms with Crippen molar-refractivity contribution in [1.82, 2.24) is 15.5 Å². The molecular formula is C23H27N3O5. The van der Waals surface area contributed by atoms with Gasteiger partial charge in [-0.3, -0.25) is 14.5 Å². The predicted octanol–water partition coefficient (Wildman–Crippen LogP) is 2.23.